The van der Waals surface area contributed by atoms with Crippen molar-refractivity contribution in [2.75, 3.05) is 38.7 Å². The third-order valence-corrected chi connectivity index (χ3v) is 18.3. The lowest BCUT2D eigenvalue weighted by Gasteiger charge is -2.10. The number of rotatable bonds is 24. The van der Waals surface area contributed by atoms with E-state index in [1.807, 2.05) is 72.8 Å². The first kappa shape index (κ1) is 84.9. The summed E-state index contributed by atoms with van der Waals surface area (Å²) in [4.78, 5) is 165. The Balaban J connectivity index is 0.000000167. The Kier molecular flexibility index (Phi) is 28.6. The van der Waals surface area contributed by atoms with Crippen LogP contribution in [0.15, 0.2) is 279 Å². The second-order valence-electron chi connectivity index (χ2n) is 27.2. The molecule has 0 bridgehead atoms. The van der Waals surface area contributed by atoms with E-state index in [-0.39, 0.29) is 83.1 Å². The van der Waals surface area contributed by atoms with Crippen molar-refractivity contribution in [2.45, 2.75) is 61.8 Å². The number of fused-ring (bicyclic) bond motifs is 3. The summed E-state index contributed by atoms with van der Waals surface area (Å²) in [5.74, 6) is -0.910. The number of ketones is 8. The lowest BCUT2D eigenvalue weighted by molar-refractivity contribution is -0.123. The number of carbonyl (C=O) groups excluding carboxylic acids is 14. The van der Waals surface area contributed by atoms with Gasteiger partial charge in [0.05, 0.1) is 0 Å². The molecule has 118 heavy (non-hydrogen) atoms. The summed E-state index contributed by atoms with van der Waals surface area (Å²) in [6.07, 6.45) is -0.344. The molecule has 590 valence electrons. The Labute approximate surface area is 679 Å². The molecule has 6 N–H and O–H groups in total. The molecule has 0 saturated carbocycles. The highest BCUT2D eigenvalue weighted by Gasteiger charge is 2.17. The Hall–Kier alpha value is -15.6. The van der Waals surface area contributed by atoms with Crippen LogP contribution in [0.1, 0.15) is 186 Å². The van der Waals surface area contributed by atoms with Gasteiger partial charge in [0.25, 0.3) is 23.6 Å². The number of anilines is 6. The molecule has 0 aromatic heterocycles. The van der Waals surface area contributed by atoms with Gasteiger partial charge < -0.3 is 41.4 Å². The van der Waals surface area contributed by atoms with Crippen molar-refractivity contribution >= 4 is 148 Å². The van der Waals surface area contributed by atoms with Gasteiger partial charge >= 0.3 is 0 Å². The summed E-state index contributed by atoms with van der Waals surface area (Å²) >= 11 is 0. The van der Waals surface area contributed by atoms with Crippen LogP contribution < -0.4 is 41.4 Å². The van der Waals surface area contributed by atoms with Crippen molar-refractivity contribution in [1.29, 1.82) is 0 Å². The second-order valence-corrected chi connectivity index (χ2v) is 27.2. The standard InChI is InChI=1S/C28H22N2O4.C25H20O4.C24H20N2O4.C19H18N2O4/c1-17(31)19-7-11-25(12-8-19)29-27(33)23-5-3-22-16-24(6-4-21(22)15-23)28(34)30-26-13-9-20(10-14-26)18(2)32;1-16(26)18-3-5-22-13-24(9-7-20(22)11-18)28-15-29-25-10-8-21-12-19(17(2)27)4-6-23(21)14-25;1-15(27)17-7-11-21(12-8-17)25-23(29)19-3-5-20(6-4-19)24(30)26-22-13-9-18(10-14-22)16(2)28;1-12(22)14-3-7-16(8-4-14)20-18(24)11-19(25)21-17-9-5-15(6-10-17)13(2)23/h3-16H,1-2H3,(H,29,33)(H,30,34);3-14H,15H2,1-2H3;3-14H,1-2H3,(H,25,29)(H,26,30);3-10H,11H2,1-2H3,(H,20,24)(H,21,25). The van der Waals surface area contributed by atoms with Gasteiger partial charge in [0, 0.05) is 101 Å². The Morgan fingerprint density at radius 2 is 0.373 bits per heavy atom. The minimum atomic E-state index is -0.464. The second kappa shape index (κ2) is 39.7. The number of carbonyl (C=O) groups is 14. The number of ether oxygens (including phenoxy) is 2. The first-order valence-corrected chi connectivity index (χ1v) is 37.0. The molecule has 0 atom stereocenters. The van der Waals surface area contributed by atoms with E-state index in [1.54, 1.807) is 220 Å². The highest BCUT2D eigenvalue weighted by atomic mass is 16.7. The van der Waals surface area contributed by atoms with E-state index >= 15 is 0 Å². The molecule has 0 spiro atoms. The molecule has 0 fully saturated rings. The van der Waals surface area contributed by atoms with E-state index in [9.17, 15) is 67.1 Å². The zero-order valence-electron chi connectivity index (χ0n) is 65.5. The molecule has 22 heteroatoms. The zero-order valence-corrected chi connectivity index (χ0v) is 65.5. The van der Waals surface area contributed by atoms with Crippen LogP contribution in [0, 0.1) is 0 Å². The fourth-order valence-corrected chi connectivity index (χ4v) is 11.6. The number of nitrogens with one attached hydrogen (secondary N) is 6. The summed E-state index contributed by atoms with van der Waals surface area (Å²) in [7, 11) is 0. The highest BCUT2D eigenvalue weighted by Crippen LogP contribution is 2.28. The van der Waals surface area contributed by atoms with Gasteiger partial charge in [-0.25, -0.2) is 0 Å². The quantitative estimate of drug-likeness (QED) is 0.0186. The van der Waals surface area contributed by atoms with Gasteiger partial charge in [-0.15, -0.1) is 0 Å². The normalized spacial score (nSPS) is 10.4. The van der Waals surface area contributed by atoms with Crippen LogP contribution in [-0.4, -0.2) is 88.5 Å². The van der Waals surface area contributed by atoms with Crippen molar-refractivity contribution in [3.05, 3.63) is 346 Å². The van der Waals surface area contributed by atoms with Crippen molar-refractivity contribution in [1.82, 2.24) is 0 Å². The van der Waals surface area contributed by atoms with Gasteiger partial charge in [-0.2, -0.15) is 0 Å². The van der Waals surface area contributed by atoms with Gasteiger partial charge in [0.2, 0.25) is 18.6 Å². The summed E-state index contributed by atoms with van der Waals surface area (Å²) in [5.41, 5.74) is 9.88. The maximum atomic E-state index is 12.7. The van der Waals surface area contributed by atoms with Crippen LogP contribution in [0.5, 0.6) is 11.5 Å². The molecule has 13 rings (SSSR count). The fraction of sp³-hybridized carbons (Fsp3) is 0.104. The Morgan fingerprint density at radius 1 is 0.195 bits per heavy atom. The SMILES string of the molecule is CC(=O)c1ccc(NC(=O)CC(=O)Nc2ccc(C(C)=O)cc2)cc1.CC(=O)c1ccc(NC(=O)c2ccc(C(=O)Nc3ccc(C(C)=O)cc3)cc2)cc1.CC(=O)c1ccc(NC(=O)c2ccc3cc(C(=O)Nc4ccc(C(C)=O)cc4)ccc3c2)cc1.CC(=O)c1ccc2cc(OCOc3ccc4cc(C(C)=O)ccc4c3)ccc2c1. The van der Waals surface area contributed by atoms with E-state index in [1.165, 1.54) is 41.5 Å². The Bertz CT molecular complexity index is 5670. The van der Waals surface area contributed by atoms with Crippen molar-refractivity contribution in [3.63, 3.8) is 0 Å². The monoisotopic (exact) mass is 1570 g/mol. The molecule has 0 saturated heterocycles. The number of amides is 6. The van der Waals surface area contributed by atoms with Gasteiger partial charge in [0.15, 0.2) is 46.3 Å². The number of Topliss-reactive ketones (excluding diaryl/α,β-unsaturated/α-hetero) is 8. The first-order chi connectivity index (χ1) is 56.5. The predicted octanol–water partition coefficient (Wildman–Crippen LogP) is 19.2. The maximum Gasteiger partial charge on any atom is 0.255 e. The first-order valence-electron chi connectivity index (χ1n) is 37.0. The average molecular weight is 1570 g/mol. The molecule has 13 aromatic rings. The van der Waals surface area contributed by atoms with Crippen LogP contribution in [0.25, 0.3) is 32.3 Å². The van der Waals surface area contributed by atoms with Crippen molar-refractivity contribution in [3.8, 4) is 11.5 Å². The van der Waals surface area contributed by atoms with Crippen LogP contribution in [0.2, 0.25) is 0 Å². The van der Waals surface area contributed by atoms with Crippen molar-refractivity contribution in [2.24, 2.45) is 0 Å². The number of hydrogen-bond acceptors (Lipinski definition) is 16. The van der Waals surface area contributed by atoms with Crippen LogP contribution in [0.3, 0.4) is 0 Å². The van der Waals surface area contributed by atoms with E-state index < -0.39 is 11.8 Å². The van der Waals surface area contributed by atoms with E-state index in [2.05, 4.69) is 31.9 Å². The third-order valence-electron chi connectivity index (χ3n) is 18.3. The largest absolute Gasteiger partial charge is 0.457 e. The molecule has 0 aliphatic rings. The smallest absolute Gasteiger partial charge is 0.255 e. The Morgan fingerprint density at radius 3 is 0.610 bits per heavy atom. The molecule has 0 radical (unpaired) electrons. The van der Waals surface area contributed by atoms with E-state index in [0.717, 1.165) is 32.3 Å². The summed E-state index contributed by atoms with van der Waals surface area (Å²) in [6, 6.07) is 78.9. The summed E-state index contributed by atoms with van der Waals surface area (Å²) in [5, 5.41) is 22.0. The molecular formula is C96H80N6O16. The van der Waals surface area contributed by atoms with Crippen LogP contribution >= 0.6 is 0 Å². The maximum absolute atomic E-state index is 12.7. The summed E-state index contributed by atoms with van der Waals surface area (Å²) in [6.45, 7) is 12.1. The van der Waals surface area contributed by atoms with Crippen molar-refractivity contribution < 1.29 is 76.6 Å². The van der Waals surface area contributed by atoms with Gasteiger partial charge in [-0.1, -0.05) is 48.5 Å². The van der Waals surface area contributed by atoms with Gasteiger partial charge in [-0.05, 0) is 318 Å². The lowest BCUT2D eigenvalue weighted by Crippen LogP contribution is -2.21. The number of hydrogen-bond donors (Lipinski definition) is 6. The van der Waals surface area contributed by atoms with Gasteiger partial charge in [0.1, 0.15) is 17.9 Å². The molecule has 13 aromatic carbocycles. The minimum absolute atomic E-state index is 0.0358. The van der Waals surface area contributed by atoms with Crippen LogP contribution in [-0.2, 0) is 9.59 Å². The molecule has 0 heterocycles. The third kappa shape index (κ3) is 24.2. The van der Waals surface area contributed by atoms with E-state index in [0.29, 0.717) is 112 Å². The molecular weight excluding hydrogens is 1490 g/mol. The van der Waals surface area contributed by atoms with Crippen LogP contribution in [0.4, 0.5) is 34.1 Å². The lowest BCUT2D eigenvalue weighted by atomic mass is 10.0. The molecule has 0 unspecified atom stereocenters. The van der Waals surface area contributed by atoms with E-state index in [4.69, 9.17) is 9.47 Å². The van der Waals surface area contributed by atoms with Gasteiger partial charge in [-0.3, -0.25) is 67.1 Å². The minimum Gasteiger partial charge on any atom is -0.457 e. The molecule has 0 aliphatic heterocycles. The fourth-order valence-electron chi connectivity index (χ4n) is 11.6. The molecule has 0 aliphatic carbocycles. The average Bonchev–Trinajstić information content (AvgIpc) is 0.803. The number of benzene rings is 13. The highest BCUT2D eigenvalue weighted by molar-refractivity contribution is 6.12. The summed E-state index contributed by atoms with van der Waals surface area (Å²) < 4.78 is 11.4. The predicted molar refractivity (Wildman–Crippen MR) is 457 cm³/mol. The molecule has 22 nitrogen and oxygen atoms in total. The zero-order chi connectivity index (χ0) is 84.7. The molecule has 6 amide bonds. The topological polar surface area (TPSA) is 330 Å².